The topological polar surface area (TPSA) is 298 Å². The molecule has 0 spiro atoms. The van der Waals surface area contributed by atoms with Crippen LogP contribution in [0.1, 0.15) is 113 Å². The predicted octanol–water partition coefficient (Wildman–Crippen LogP) is -0.0268. The van der Waals surface area contributed by atoms with Gasteiger partial charge in [0.1, 0.15) is 73.2 Å². The number of allylic oxidation sites excluding steroid dienone is 2. The molecule has 7 fully saturated rings. The van der Waals surface area contributed by atoms with Crippen molar-refractivity contribution < 1.29 is 89.7 Å². The fourth-order valence-electron chi connectivity index (χ4n) is 14.8. The van der Waals surface area contributed by atoms with Crippen LogP contribution < -0.4 is 0 Å². The smallest absolute Gasteiger partial charge is 0.187 e. The minimum Gasteiger partial charge on any atom is -0.394 e. The zero-order valence-electron chi connectivity index (χ0n) is 40.0. The summed E-state index contributed by atoms with van der Waals surface area (Å²) >= 11 is 0. The van der Waals surface area contributed by atoms with Gasteiger partial charge in [-0.2, -0.15) is 0 Å². The maximum Gasteiger partial charge on any atom is 0.187 e. The Morgan fingerprint density at radius 2 is 1.15 bits per heavy atom. The van der Waals surface area contributed by atoms with Crippen LogP contribution in [0.5, 0.6) is 0 Å². The predicted molar refractivity (Wildman–Crippen MR) is 234 cm³/mol. The zero-order valence-corrected chi connectivity index (χ0v) is 40.0. The Morgan fingerprint density at radius 1 is 0.621 bits per heavy atom. The summed E-state index contributed by atoms with van der Waals surface area (Å²) in [6.45, 7) is 15.8. The first-order valence-electron chi connectivity index (χ1n) is 24.4. The molecular weight excluding hydrogens is 865 g/mol. The van der Waals surface area contributed by atoms with Crippen LogP contribution in [0.4, 0.5) is 0 Å². The maximum absolute atomic E-state index is 12.7. The second-order valence-corrected chi connectivity index (χ2v) is 22.9. The molecule has 18 heteroatoms. The molecule has 0 amide bonds. The Labute approximate surface area is 388 Å². The van der Waals surface area contributed by atoms with E-state index in [4.69, 9.17) is 28.4 Å². The fourth-order valence-corrected chi connectivity index (χ4v) is 14.8. The van der Waals surface area contributed by atoms with Gasteiger partial charge in [-0.1, -0.05) is 46.3 Å². The Balaban J connectivity index is 1.11. The van der Waals surface area contributed by atoms with E-state index in [1.807, 2.05) is 20.8 Å². The summed E-state index contributed by atoms with van der Waals surface area (Å²) in [4.78, 5) is 0. The van der Waals surface area contributed by atoms with Crippen LogP contribution in [0, 0.1) is 45.3 Å². The number of hydrogen-bond acceptors (Lipinski definition) is 18. The molecule has 0 aromatic carbocycles. The van der Waals surface area contributed by atoms with E-state index >= 15 is 0 Å². The van der Waals surface area contributed by atoms with Gasteiger partial charge in [-0.3, -0.25) is 0 Å². The van der Waals surface area contributed by atoms with Crippen LogP contribution in [-0.2, 0) is 28.4 Å². The molecule has 3 saturated heterocycles. The maximum atomic E-state index is 12.7. The van der Waals surface area contributed by atoms with Crippen molar-refractivity contribution in [2.75, 3.05) is 19.8 Å². The summed E-state index contributed by atoms with van der Waals surface area (Å²) in [5, 5.41) is 129. The summed E-state index contributed by atoms with van der Waals surface area (Å²) < 4.78 is 36.6. The molecule has 0 aromatic heterocycles. The lowest BCUT2D eigenvalue weighted by Gasteiger charge is -2.71. The van der Waals surface area contributed by atoms with Crippen LogP contribution in [-0.4, -0.2) is 191 Å². The quantitative estimate of drug-likeness (QED) is 0.0853. The average Bonchev–Trinajstić information content (AvgIpc) is 3.65. The number of rotatable bonds is 13. The van der Waals surface area contributed by atoms with Crippen molar-refractivity contribution >= 4 is 0 Å². The lowest BCUT2D eigenvalue weighted by molar-refractivity contribution is -0.350. The van der Waals surface area contributed by atoms with Gasteiger partial charge in [-0.05, 0) is 124 Å². The highest BCUT2D eigenvalue weighted by molar-refractivity contribution is 5.20. The molecule has 7 aliphatic rings. The van der Waals surface area contributed by atoms with Gasteiger partial charge in [0, 0.05) is 0 Å². The van der Waals surface area contributed by atoms with Crippen LogP contribution in [0.2, 0.25) is 0 Å². The van der Waals surface area contributed by atoms with Crippen molar-refractivity contribution in [1.82, 2.24) is 0 Å². The van der Waals surface area contributed by atoms with Crippen molar-refractivity contribution in [3.05, 3.63) is 11.6 Å². The van der Waals surface area contributed by atoms with Gasteiger partial charge in [0.05, 0.1) is 37.6 Å². The second kappa shape index (κ2) is 19.6. The van der Waals surface area contributed by atoms with E-state index in [9.17, 15) is 61.3 Å². The zero-order chi connectivity index (χ0) is 48.6. The number of aliphatic hydroxyl groups is 12. The van der Waals surface area contributed by atoms with Crippen molar-refractivity contribution in [3.63, 3.8) is 0 Å². The van der Waals surface area contributed by atoms with Gasteiger partial charge in [0.15, 0.2) is 18.9 Å². The average molecular weight is 947 g/mol. The van der Waals surface area contributed by atoms with Crippen molar-refractivity contribution in [2.24, 2.45) is 45.3 Å². The molecule has 382 valence electrons. The minimum absolute atomic E-state index is 0.133. The lowest BCUT2D eigenvalue weighted by atomic mass is 9.35. The molecule has 0 unspecified atom stereocenters. The number of aliphatic hydroxyl groups excluding tert-OH is 12. The van der Waals surface area contributed by atoms with Gasteiger partial charge in [0.25, 0.3) is 0 Å². The molecule has 0 radical (unpaired) electrons. The molecule has 66 heavy (non-hydrogen) atoms. The highest BCUT2D eigenvalue weighted by Crippen LogP contribution is 2.76. The van der Waals surface area contributed by atoms with Gasteiger partial charge in [0.2, 0.25) is 0 Å². The molecule has 0 aromatic rings. The van der Waals surface area contributed by atoms with E-state index in [1.54, 1.807) is 0 Å². The largest absolute Gasteiger partial charge is 0.394 e. The van der Waals surface area contributed by atoms with E-state index in [-0.39, 0.29) is 46.0 Å². The normalized spacial score (nSPS) is 52.4. The monoisotopic (exact) mass is 947 g/mol. The van der Waals surface area contributed by atoms with Gasteiger partial charge >= 0.3 is 0 Å². The summed E-state index contributed by atoms with van der Waals surface area (Å²) in [5.41, 5.74) is -1.06. The molecule has 12 N–H and O–H groups in total. The van der Waals surface area contributed by atoms with E-state index in [0.29, 0.717) is 32.1 Å². The van der Waals surface area contributed by atoms with Crippen LogP contribution in [0.3, 0.4) is 0 Å². The summed E-state index contributed by atoms with van der Waals surface area (Å²) in [6.07, 6.45) is -14.9. The molecule has 25 atom stereocenters. The van der Waals surface area contributed by atoms with Crippen LogP contribution >= 0.6 is 0 Å². The highest BCUT2D eigenvalue weighted by Gasteiger charge is 2.72. The van der Waals surface area contributed by atoms with Crippen LogP contribution in [0.25, 0.3) is 0 Å². The van der Waals surface area contributed by atoms with E-state index < -0.39 is 129 Å². The SMILES string of the molecule is CC(C)=CCC[C@](C)(O[C@H]1O[C@@H](CO[C@H]2O[C@@H](CO)[C@H](O)[C@@H](O)[C@@H]2O)[C@H](O)[C@@H](O)[C@@H]1O)[C@@H]1CC[C@]2(C)[C@H]1[C@@H](O)C[C@H]1[C@@]3(C)CC[C@H](O[C@H]4O[C@@H](CO)[C@H](O)[C@@H](O)[C@@H]4O)C(C)(C)[C@@H]3CC[C@@]12C. The lowest BCUT2D eigenvalue weighted by Crippen LogP contribution is -2.67. The standard InChI is InChI=1S/C48H82O18/c1-22(2)10-9-14-48(8,66-43-40(60)37(57)34(54)27(64-43)21-61-41-38(58)35(55)32(52)25(19-49)62-41)23-11-16-47(7)31(23)24(51)18-29-45(5)15-13-30(44(3,4)28(45)12-17-46(29,47)6)65-42-39(59)36(56)33(53)26(20-50)63-42/h10,23-43,49-60H,9,11-21H2,1-8H3/t23-,24+,25+,26+,27+,28+,29+,30+,31-,32+,33+,34+,35-,36-,37-,38+,39+,40+,41+,42-,43-,45+,46+,47-,48+/m1/s1. The molecule has 4 saturated carbocycles. The van der Waals surface area contributed by atoms with Gasteiger partial charge < -0.3 is 89.7 Å². The minimum atomic E-state index is -1.72. The first-order valence-corrected chi connectivity index (χ1v) is 24.4. The Morgan fingerprint density at radius 3 is 1.74 bits per heavy atom. The van der Waals surface area contributed by atoms with Crippen molar-refractivity contribution in [3.8, 4) is 0 Å². The Kier molecular flexibility index (Phi) is 15.7. The first-order chi connectivity index (χ1) is 30.8. The summed E-state index contributed by atoms with van der Waals surface area (Å²) in [5.74, 6) is -0.128. The summed E-state index contributed by atoms with van der Waals surface area (Å²) in [6, 6.07) is 0. The molecule has 3 heterocycles. The van der Waals surface area contributed by atoms with E-state index in [1.165, 1.54) is 0 Å². The Hall–Kier alpha value is -0.980. The van der Waals surface area contributed by atoms with E-state index in [2.05, 4.69) is 40.7 Å². The molecule has 7 rings (SSSR count). The van der Waals surface area contributed by atoms with Crippen molar-refractivity contribution in [1.29, 1.82) is 0 Å². The van der Waals surface area contributed by atoms with Gasteiger partial charge in [-0.15, -0.1) is 0 Å². The highest BCUT2D eigenvalue weighted by atomic mass is 16.7. The first kappa shape index (κ1) is 52.8. The third-order valence-corrected chi connectivity index (χ3v) is 18.8. The molecular formula is C48H82O18. The number of hydrogen-bond donors (Lipinski definition) is 12. The van der Waals surface area contributed by atoms with Crippen LogP contribution in [0.15, 0.2) is 11.6 Å². The molecule has 0 bridgehead atoms. The fraction of sp³-hybridized carbons (Fsp3) is 0.958. The molecule has 4 aliphatic carbocycles. The second-order valence-electron chi connectivity index (χ2n) is 22.9. The third-order valence-electron chi connectivity index (χ3n) is 18.8. The third kappa shape index (κ3) is 8.90. The van der Waals surface area contributed by atoms with E-state index in [0.717, 1.165) is 31.3 Å². The number of fused-ring (bicyclic) bond motifs is 5. The summed E-state index contributed by atoms with van der Waals surface area (Å²) in [7, 11) is 0. The van der Waals surface area contributed by atoms with Crippen molar-refractivity contribution in [2.45, 2.75) is 223 Å². The molecule has 3 aliphatic heterocycles. The Bertz CT molecular complexity index is 1680. The van der Waals surface area contributed by atoms with Gasteiger partial charge in [-0.25, -0.2) is 0 Å². The number of ether oxygens (including phenoxy) is 6. The molecule has 18 nitrogen and oxygen atoms in total.